The van der Waals surface area contributed by atoms with Crippen molar-refractivity contribution in [2.75, 3.05) is 6.61 Å². The Labute approximate surface area is 111 Å². The molecule has 1 aliphatic rings. The topological polar surface area (TPSA) is 26.3 Å². The second kappa shape index (κ2) is 8.12. The monoisotopic (exact) mass is 250 g/mol. The average molecular weight is 250 g/mol. The number of hydrogen-bond donors (Lipinski definition) is 0. The fraction of sp³-hybridized carbons (Fsp3) is 0.688. The van der Waals surface area contributed by atoms with Crippen molar-refractivity contribution in [3.8, 4) is 0 Å². The van der Waals surface area contributed by atoms with Crippen LogP contribution in [0.1, 0.15) is 46.0 Å². The molecule has 0 aromatic carbocycles. The van der Waals surface area contributed by atoms with Crippen LogP contribution in [0.5, 0.6) is 0 Å². The third-order valence-electron chi connectivity index (χ3n) is 3.49. The van der Waals surface area contributed by atoms with E-state index < -0.39 is 0 Å². The van der Waals surface area contributed by atoms with Gasteiger partial charge in [0.25, 0.3) is 0 Å². The van der Waals surface area contributed by atoms with Crippen molar-refractivity contribution in [2.24, 2.45) is 17.8 Å². The Hall–Kier alpha value is -1.05. The zero-order valence-corrected chi connectivity index (χ0v) is 11.7. The highest BCUT2D eigenvalue weighted by atomic mass is 16.5. The molecule has 1 fully saturated rings. The van der Waals surface area contributed by atoms with Crippen LogP contribution in [0.3, 0.4) is 0 Å². The van der Waals surface area contributed by atoms with Crippen molar-refractivity contribution in [3.63, 3.8) is 0 Å². The van der Waals surface area contributed by atoms with Crippen LogP contribution in [0, 0.1) is 17.8 Å². The molecule has 2 nitrogen and oxygen atoms in total. The Morgan fingerprint density at radius 2 is 2.22 bits per heavy atom. The fourth-order valence-electron chi connectivity index (χ4n) is 2.34. The van der Waals surface area contributed by atoms with E-state index >= 15 is 0 Å². The second-order valence-corrected chi connectivity index (χ2v) is 5.49. The van der Waals surface area contributed by atoms with Gasteiger partial charge in [-0.3, -0.25) is 4.79 Å². The maximum absolute atomic E-state index is 11.8. The molecule has 0 radical (unpaired) electrons. The van der Waals surface area contributed by atoms with E-state index in [0.717, 1.165) is 31.6 Å². The molecule has 0 bridgehead atoms. The first-order valence-corrected chi connectivity index (χ1v) is 7.09. The first-order chi connectivity index (χ1) is 8.65. The molecule has 0 aromatic rings. The highest BCUT2D eigenvalue weighted by Gasteiger charge is 2.31. The summed E-state index contributed by atoms with van der Waals surface area (Å²) in [5.74, 6) is 1.11. The van der Waals surface area contributed by atoms with Crippen molar-refractivity contribution in [3.05, 3.63) is 24.8 Å². The van der Waals surface area contributed by atoms with E-state index in [4.69, 9.17) is 4.74 Å². The first-order valence-electron chi connectivity index (χ1n) is 7.09. The number of rotatable bonds is 7. The van der Waals surface area contributed by atoms with Gasteiger partial charge in [-0.2, -0.15) is 0 Å². The SMILES string of the molecule is C=CCCC1C(=O)OCC[C@@H]1/C=C/CCC(C)C. The highest BCUT2D eigenvalue weighted by Crippen LogP contribution is 2.28. The van der Waals surface area contributed by atoms with Gasteiger partial charge in [0, 0.05) is 0 Å². The zero-order chi connectivity index (χ0) is 13.4. The minimum atomic E-state index is -0.0263. The smallest absolute Gasteiger partial charge is 0.309 e. The molecule has 1 aliphatic heterocycles. The van der Waals surface area contributed by atoms with Crippen molar-refractivity contribution in [2.45, 2.75) is 46.0 Å². The number of ether oxygens (including phenoxy) is 1. The summed E-state index contributed by atoms with van der Waals surface area (Å²) < 4.78 is 5.16. The molecule has 0 spiro atoms. The predicted molar refractivity (Wildman–Crippen MR) is 75.2 cm³/mol. The number of esters is 1. The van der Waals surface area contributed by atoms with Crippen LogP contribution < -0.4 is 0 Å². The molecule has 1 unspecified atom stereocenters. The third kappa shape index (κ3) is 5.07. The van der Waals surface area contributed by atoms with Gasteiger partial charge in [-0.15, -0.1) is 6.58 Å². The van der Waals surface area contributed by atoms with Crippen LogP contribution in [0.25, 0.3) is 0 Å². The quantitative estimate of drug-likeness (QED) is 0.502. The minimum Gasteiger partial charge on any atom is -0.465 e. The molecule has 102 valence electrons. The number of carbonyl (C=O) groups is 1. The molecule has 2 heteroatoms. The summed E-state index contributed by atoms with van der Waals surface area (Å²) in [6.45, 7) is 8.76. The van der Waals surface area contributed by atoms with Crippen LogP contribution in [0.2, 0.25) is 0 Å². The number of allylic oxidation sites excluding steroid dienone is 3. The molecule has 0 N–H and O–H groups in total. The van der Waals surface area contributed by atoms with Crippen LogP contribution in [0.15, 0.2) is 24.8 Å². The van der Waals surface area contributed by atoms with Crippen molar-refractivity contribution >= 4 is 5.97 Å². The number of carbonyl (C=O) groups excluding carboxylic acids is 1. The predicted octanol–water partition coefficient (Wildman–Crippen LogP) is 4.12. The molecule has 1 saturated heterocycles. The van der Waals surface area contributed by atoms with E-state index in [1.165, 1.54) is 6.42 Å². The molecule has 0 amide bonds. The van der Waals surface area contributed by atoms with Gasteiger partial charge >= 0.3 is 5.97 Å². The summed E-state index contributed by atoms with van der Waals surface area (Å²) in [5, 5.41) is 0. The lowest BCUT2D eigenvalue weighted by Gasteiger charge is -2.27. The van der Waals surface area contributed by atoms with E-state index in [0.29, 0.717) is 12.5 Å². The lowest BCUT2D eigenvalue weighted by molar-refractivity contribution is -0.155. The summed E-state index contributed by atoms with van der Waals surface area (Å²) in [4.78, 5) is 11.8. The highest BCUT2D eigenvalue weighted by molar-refractivity contribution is 5.73. The van der Waals surface area contributed by atoms with Gasteiger partial charge in [-0.1, -0.05) is 32.1 Å². The molecular formula is C16H26O2. The third-order valence-corrected chi connectivity index (χ3v) is 3.49. The van der Waals surface area contributed by atoms with E-state index in [9.17, 15) is 4.79 Å². The number of cyclic esters (lactones) is 1. The minimum absolute atomic E-state index is 0.0263. The van der Waals surface area contributed by atoms with Gasteiger partial charge in [0.2, 0.25) is 0 Å². The lowest BCUT2D eigenvalue weighted by Crippen LogP contribution is -2.31. The van der Waals surface area contributed by atoms with Gasteiger partial charge < -0.3 is 4.74 Å². The molecule has 0 saturated carbocycles. The second-order valence-electron chi connectivity index (χ2n) is 5.49. The Balaban J connectivity index is 2.48. The summed E-state index contributed by atoms with van der Waals surface area (Å²) >= 11 is 0. The molecule has 0 aromatic heterocycles. The average Bonchev–Trinajstić information content (AvgIpc) is 2.33. The van der Waals surface area contributed by atoms with Crippen LogP contribution >= 0.6 is 0 Å². The van der Waals surface area contributed by atoms with E-state index in [2.05, 4.69) is 32.6 Å². The summed E-state index contributed by atoms with van der Waals surface area (Å²) in [6.07, 6.45) is 11.4. The Kier molecular flexibility index (Phi) is 6.77. The lowest BCUT2D eigenvalue weighted by atomic mass is 9.84. The number of hydrogen-bond acceptors (Lipinski definition) is 2. The molecule has 0 aliphatic carbocycles. The standard InChI is InChI=1S/C16H26O2/c1-4-5-10-15-14(11-12-18-16(15)17)9-7-6-8-13(2)3/h4,7,9,13-15H,1,5-6,8,10-12H2,2-3H3/b9-7+/t14-,15?/m0/s1. The van der Waals surface area contributed by atoms with Gasteiger partial charge in [0.15, 0.2) is 0 Å². The van der Waals surface area contributed by atoms with Gasteiger partial charge in [0.1, 0.15) is 0 Å². The van der Waals surface area contributed by atoms with Gasteiger partial charge in [-0.05, 0) is 43.9 Å². The Morgan fingerprint density at radius 3 is 2.89 bits per heavy atom. The summed E-state index contributed by atoms with van der Waals surface area (Å²) in [7, 11) is 0. The summed E-state index contributed by atoms with van der Waals surface area (Å²) in [5.41, 5.74) is 0. The molecule has 18 heavy (non-hydrogen) atoms. The first kappa shape index (κ1) is 15.0. The van der Waals surface area contributed by atoms with Crippen molar-refractivity contribution < 1.29 is 9.53 Å². The molecule has 1 rings (SSSR count). The maximum atomic E-state index is 11.8. The van der Waals surface area contributed by atoms with Crippen LogP contribution in [-0.2, 0) is 9.53 Å². The Bertz CT molecular complexity index is 291. The van der Waals surface area contributed by atoms with Gasteiger partial charge in [-0.25, -0.2) is 0 Å². The van der Waals surface area contributed by atoms with E-state index in [1.807, 2.05) is 6.08 Å². The van der Waals surface area contributed by atoms with E-state index in [-0.39, 0.29) is 11.9 Å². The fourth-order valence-corrected chi connectivity index (χ4v) is 2.34. The zero-order valence-electron chi connectivity index (χ0n) is 11.7. The van der Waals surface area contributed by atoms with E-state index in [1.54, 1.807) is 0 Å². The van der Waals surface area contributed by atoms with Gasteiger partial charge in [0.05, 0.1) is 12.5 Å². The van der Waals surface area contributed by atoms with Crippen LogP contribution in [0.4, 0.5) is 0 Å². The normalized spacial score (nSPS) is 24.5. The Morgan fingerprint density at radius 1 is 1.44 bits per heavy atom. The maximum Gasteiger partial charge on any atom is 0.309 e. The molecule has 1 heterocycles. The summed E-state index contributed by atoms with van der Waals surface area (Å²) in [6, 6.07) is 0. The van der Waals surface area contributed by atoms with Crippen LogP contribution in [-0.4, -0.2) is 12.6 Å². The molecule has 2 atom stereocenters. The van der Waals surface area contributed by atoms with Crippen molar-refractivity contribution in [1.29, 1.82) is 0 Å². The largest absolute Gasteiger partial charge is 0.465 e. The van der Waals surface area contributed by atoms with Crippen molar-refractivity contribution in [1.82, 2.24) is 0 Å². The molecular weight excluding hydrogens is 224 g/mol.